The van der Waals surface area contributed by atoms with E-state index in [0.717, 1.165) is 19.4 Å². The van der Waals surface area contributed by atoms with Crippen molar-refractivity contribution >= 4 is 11.9 Å². The van der Waals surface area contributed by atoms with Crippen LogP contribution in [-0.4, -0.2) is 44.9 Å². The Bertz CT molecular complexity index is 492. The quantitative estimate of drug-likeness (QED) is 0.784. The van der Waals surface area contributed by atoms with Crippen LogP contribution in [0.3, 0.4) is 0 Å². The standard InChI is InChI=1S/C12H16N4O3/c13-11(17)8-2-1-3-16(5-8)6-10-9(12(18)19)4-14-7-15-10/h4,7-8H,1-3,5-6H2,(H2,13,17)(H,18,19). The van der Waals surface area contributed by atoms with E-state index in [1.165, 1.54) is 12.5 Å². The lowest BCUT2D eigenvalue weighted by Gasteiger charge is -2.30. The van der Waals surface area contributed by atoms with Crippen LogP contribution in [0.15, 0.2) is 12.5 Å². The summed E-state index contributed by atoms with van der Waals surface area (Å²) in [5.41, 5.74) is 5.88. The predicted octanol–water partition coefficient (Wildman–Crippen LogP) is -0.128. The van der Waals surface area contributed by atoms with Gasteiger partial charge in [-0.2, -0.15) is 0 Å². The zero-order valence-corrected chi connectivity index (χ0v) is 10.5. The van der Waals surface area contributed by atoms with Crippen molar-refractivity contribution in [3.8, 4) is 0 Å². The molecule has 1 saturated heterocycles. The molecule has 2 heterocycles. The fraction of sp³-hybridized carbons (Fsp3) is 0.500. The molecule has 1 unspecified atom stereocenters. The van der Waals surface area contributed by atoms with E-state index in [4.69, 9.17) is 10.8 Å². The summed E-state index contributed by atoms with van der Waals surface area (Å²) in [4.78, 5) is 32.0. The number of nitrogens with zero attached hydrogens (tertiary/aromatic N) is 3. The molecule has 1 fully saturated rings. The van der Waals surface area contributed by atoms with Gasteiger partial charge in [-0.05, 0) is 19.4 Å². The van der Waals surface area contributed by atoms with Crippen LogP contribution in [0.4, 0.5) is 0 Å². The molecule has 1 aromatic heterocycles. The molecule has 1 aromatic rings. The summed E-state index contributed by atoms with van der Waals surface area (Å²) in [5.74, 6) is -1.51. The fourth-order valence-electron chi connectivity index (χ4n) is 2.30. The fourth-order valence-corrected chi connectivity index (χ4v) is 2.30. The van der Waals surface area contributed by atoms with Gasteiger partial charge in [-0.15, -0.1) is 0 Å². The number of primary amides is 1. The van der Waals surface area contributed by atoms with E-state index in [1.807, 2.05) is 4.90 Å². The average molecular weight is 264 g/mol. The Morgan fingerprint density at radius 2 is 2.32 bits per heavy atom. The van der Waals surface area contributed by atoms with Crippen molar-refractivity contribution in [2.45, 2.75) is 19.4 Å². The molecule has 102 valence electrons. The van der Waals surface area contributed by atoms with Crippen LogP contribution in [0.1, 0.15) is 28.9 Å². The van der Waals surface area contributed by atoms with Gasteiger partial charge >= 0.3 is 5.97 Å². The van der Waals surface area contributed by atoms with E-state index < -0.39 is 5.97 Å². The third-order valence-corrected chi connectivity index (χ3v) is 3.31. The monoisotopic (exact) mass is 264 g/mol. The van der Waals surface area contributed by atoms with Crippen LogP contribution in [0.2, 0.25) is 0 Å². The van der Waals surface area contributed by atoms with Crippen LogP contribution < -0.4 is 5.73 Å². The number of rotatable bonds is 4. The number of carboxylic acid groups (broad SMARTS) is 1. The zero-order valence-electron chi connectivity index (χ0n) is 10.5. The average Bonchev–Trinajstić information content (AvgIpc) is 2.39. The van der Waals surface area contributed by atoms with Gasteiger partial charge < -0.3 is 10.8 Å². The number of amides is 1. The minimum Gasteiger partial charge on any atom is -0.478 e. The van der Waals surface area contributed by atoms with Crippen LogP contribution in [0.5, 0.6) is 0 Å². The molecule has 1 aliphatic heterocycles. The van der Waals surface area contributed by atoms with E-state index in [9.17, 15) is 9.59 Å². The number of hydrogen-bond acceptors (Lipinski definition) is 5. The number of likely N-dealkylation sites (tertiary alicyclic amines) is 1. The lowest BCUT2D eigenvalue weighted by Crippen LogP contribution is -2.41. The Morgan fingerprint density at radius 3 is 3.00 bits per heavy atom. The van der Waals surface area contributed by atoms with Crippen molar-refractivity contribution in [3.63, 3.8) is 0 Å². The Kier molecular flexibility index (Phi) is 4.06. The Balaban J connectivity index is 2.09. The first-order valence-electron chi connectivity index (χ1n) is 6.11. The summed E-state index contributed by atoms with van der Waals surface area (Å²) < 4.78 is 0. The van der Waals surface area contributed by atoms with Crippen molar-refractivity contribution in [1.82, 2.24) is 14.9 Å². The van der Waals surface area contributed by atoms with E-state index >= 15 is 0 Å². The number of hydrogen-bond donors (Lipinski definition) is 2. The van der Waals surface area contributed by atoms with Gasteiger partial charge in [0.05, 0.1) is 11.6 Å². The van der Waals surface area contributed by atoms with Gasteiger partial charge in [0.15, 0.2) is 0 Å². The SMILES string of the molecule is NC(=O)C1CCCN(Cc2ncncc2C(=O)O)C1. The Hall–Kier alpha value is -2.02. The first kappa shape index (κ1) is 13.4. The molecule has 7 heteroatoms. The third kappa shape index (κ3) is 3.25. The lowest BCUT2D eigenvalue weighted by molar-refractivity contribution is -0.123. The maximum Gasteiger partial charge on any atom is 0.339 e. The normalized spacial score (nSPS) is 20.1. The molecule has 0 saturated carbocycles. The highest BCUT2D eigenvalue weighted by atomic mass is 16.4. The minimum atomic E-state index is -1.04. The number of carbonyl (C=O) groups is 2. The molecule has 0 bridgehead atoms. The molecule has 1 atom stereocenters. The predicted molar refractivity (Wildman–Crippen MR) is 66.2 cm³/mol. The number of nitrogens with two attached hydrogens (primary N) is 1. The number of aromatic carboxylic acids is 1. The summed E-state index contributed by atoms with van der Waals surface area (Å²) in [6.07, 6.45) is 4.29. The first-order valence-corrected chi connectivity index (χ1v) is 6.11. The van der Waals surface area contributed by atoms with Crippen molar-refractivity contribution in [1.29, 1.82) is 0 Å². The van der Waals surface area contributed by atoms with E-state index in [1.54, 1.807) is 0 Å². The van der Waals surface area contributed by atoms with Gasteiger partial charge in [-0.1, -0.05) is 0 Å². The first-order chi connectivity index (χ1) is 9.08. The molecule has 2 rings (SSSR count). The summed E-state index contributed by atoms with van der Waals surface area (Å²) in [6, 6.07) is 0. The van der Waals surface area contributed by atoms with Gasteiger partial charge in [0.2, 0.25) is 5.91 Å². The Morgan fingerprint density at radius 1 is 1.53 bits per heavy atom. The number of aromatic nitrogens is 2. The van der Waals surface area contributed by atoms with Crippen LogP contribution >= 0.6 is 0 Å². The maximum atomic E-state index is 11.2. The second-order valence-corrected chi connectivity index (χ2v) is 4.66. The largest absolute Gasteiger partial charge is 0.478 e. The summed E-state index contributed by atoms with van der Waals surface area (Å²) >= 11 is 0. The molecule has 3 N–H and O–H groups in total. The highest BCUT2D eigenvalue weighted by molar-refractivity contribution is 5.88. The topological polar surface area (TPSA) is 109 Å². The Labute approximate surface area is 110 Å². The summed E-state index contributed by atoms with van der Waals surface area (Å²) in [6.45, 7) is 1.76. The molecular formula is C12H16N4O3. The molecule has 7 nitrogen and oxygen atoms in total. The van der Waals surface area contributed by atoms with Gasteiger partial charge in [-0.3, -0.25) is 9.69 Å². The molecule has 0 aromatic carbocycles. The molecule has 0 spiro atoms. The molecule has 1 amide bonds. The van der Waals surface area contributed by atoms with E-state index in [-0.39, 0.29) is 17.4 Å². The second-order valence-electron chi connectivity index (χ2n) is 4.66. The van der Waals surface area contributed by atoms with Gasteiger partial charge in [0, 0.05) is 19.3 Å². The number of piperidine rings is 1. The van der Waals surface area contributed by atoms with E-state index in [2.05, 4.69) is 9.97 Å². The molecule has 1 aliphatic rings. The smallest absolute Gasteiger partial charge is 0.339 e. The van der Waals surface area contributed by atoms with Gasteiger partial charge in [-0.25, -0.2) is 14.8 Å². The lowest BCUT2D eigenvalue weighted by atomic mass is 9.97. The molecule has 19 heavy (non-hydrogen) atoms. The minimum absolute atomic E-state index is 0.101. The highest BCUT2D eigenvalue weighted by Crippen LogP contribution is 2.18. The van der Waals surface area contributed by atoms with Gasteiger partial charge in [0.1, 0.15) is 11.9 Å². The number of carbonyl (C=O) groups excluding carboxylic acids is 1. The van der Waals surface area contributed by atoms with E-state index in [0.29, 0.717) is 18.8 Å². The molecule has 0 aliphatic carbocycles. The van der Waals surface area contributed by atoms with Gasteiger partial charge in [0.25, 0.3) is 0 Å². The molecular weight excluding hydrogens is 248 g/mol. The second kappa shape index (κ2) is 5.75. The van der Waals surface area contributed by atoms with Crippen molar-refractivity contribution in [2.24, 2.45) is 11.7 Å². The van der Waals surface area contributed by atoms with Crippen molar-refractivity contribution in [3.05, 3.63) is 23.8 Å². The van der Waals surface area contributed by atoms with Crippen molar-refractivity contribution < 1.29 is 14.7 Å². The summed E-state index contributed by atoms with van der Waals surface area (Å²) in [5, 5.41) is 9.06. The van der Waals surface area contributed by atoms with Crippen molar-refractivity contribution in [2.75, 3.05) is 13.1 Å². The highest BCUT2D eigenvalue weighted by Gasteiger charge is 2.25. The number of carboxylic acids is 1. The third-order valence-electron chi connectivity index (χ3n) is 3.31. The van der Waals surface area contributed by atoms with Crippen LogP contribution in [0, 0.1) is 5.92 Å². The molecule has 0 radical (unpaired) electrons. The van der Waals surface area contributed by atoms with Crippen LogP contribution in [-0.2, 0) is 11.3 Å². The summed E-state index contributed by atoms with van der Waals surface area (Å²) in [7, 11) is 0. The van der Waals surface area contributed by atoms with Crippen LogP contribution in [0.25, 0.3) is 0 Å². The maximum absolute atomic E-state index is 11.2. The zero-order chi connectivity index (χ0) is 13.8.